The average Bonchev–Trinajstić information content (AvgIpc) is 3.09. The zero-order valence-corrected chi connectivity index (χ0v) is 32.1. The van der Waals surface area contributed by atoms with Gasteiger partial charge in [-0.15, -0.1) is 0 Å². The van der Waals surface area contributed by atoms with Gasteiger partial charge in [0.25, 0.3) is 0 Å². The van der Waals surface area contributed by atoms with Crippen LogP contribution in [0.5, 0.6) is 0 Å². The van der Waals surface area contributed by atoms with Crippen LogP contribution >= 0.6 is 0 Å². The van der Waals surface area contributed by atoms with Gasteiger partial charge in [-0.05, 0) is 90.1 Å². The molecule has 0 atom stereocenters. The van der Waals surface area contributed by atoms with Crippen molar-refractivity contribution < 1.29 is 10.2 Å². The van der Waals surface area contributed by atoms with E-state index in [2.05, 4.69) is 67.8 Å². The maximum absolute atomic E-state index is 7.62. The Balaban J connectivity index is 0. The molecule has 0 bridgehead atoms. The maximum Gasteiger partial charge on any atom is 0.0662 e. The summed E-state index contributed by atoms with van der Waals surface area (Å²) >= 11 is 0. The van der Waals surface area contributed by atoms with E-state index < -0.39 is 0 Å². The van der Waals surface area contributed by atoms with Gasteiger partial charge < -0.3 is 15.5 Å². The molecule has 0 saturated carbocycles. The number of aliphatic hydroxyl groups excluding tert-OH is 2. The Bertz CT molecular complexity index is 585. The summed E-state index contributed by atoms with van der Waals surface area (Å²) in [5.41, 5.74) is 0. The van der Waals surface area contributed by atoms with Crippen LogP contribution in [0.3, 0.4) is 0 Å². The molecule has 0 fully saturated rings. The lowest BCUT2D eigenvalue weighted by atomic mass is 10.1. The van der Waals surface area contributed by atoms with Crippen molar-refractivity contribution in [2.24, 2.45) is 0 Å². The van der Waals surface area contributed by atoms with Gasteiger partial charge in [-0.25, -0.2) is 0 Å². The van der Waals surface area contributed by atoms with E-state index in [1.165, 1.54) is 193 Å². The third-order valence-corrected chi connectivity index (χ3v) is 8.71. The van der Waals surface area contributed by atoms with Crippen LogP contribution in [0.15, 0.2) is 48.6 Å². The minimum absolute atomic E-state index is 0.125. The number of hydrogen-bond donors (Lipinski definition) is 3. The van der Waals surface area contributed by atoms with Gasteiger partial charge in [-0.2, -0.15) is 0 Å². The van der Waals surface area contributed by atoms with Crippen molar-refractivity contribution in [1.82, 2.24) is 5.32 Å². The van der Waals surface area contributed by atoms with Crippen molar-refractivity contribution in [3.05, 3.63) is 48.6 Å². The summed E-state index contributed by atoms with van der Waals surface area (Å²) in [4.78, 5) is 0. The number of nitrogens with one attached hydrogen (secondary N) is 1. The van der Waals surface area contributed by atoms with Crippen molar-refractivity contribution in [1.29, 1.82) is 0 Å². The Morgan fingerprint density at radius 1 is 0.319 bits per heavy atom. The second-order valence-electron chi connectivity index (χ2n) is 13.5. The van der Waals surface area contributed by atoms with Crippen molar-refractivity contribution >= 4 is 0 Å². The van der Waals surface area contributed by atoms with Crippen molar-refractivity contribution in [3.63, 3.8) is 0 Å². The first kappa shape index (κ1) is 48.0. The Kier molecular flexibility index (Phi) is 50.2. The van der Waals surface area contributed by atoms with Gasteiger partial charge in [0.2, 0.25) is 0 Å². The lowest BCUT2D eigenvalue weighted by molar-refractivity contribution is 0.186. The van der Waals surface area contributed by atoms with Crippen LogP contribution in [-0.4, -0.2) is 36.5 Å². The fourth-order valence-electron chi connectivity index (χ4n) is 5.66. The van der Waals surface area contributed by atoms with Crippen LogP contribution < -0.4 is 5.32 Å². The first-order valence-electron chi connectivity index (χ1n) is 20.9. The molecule has 0 aromatic rings. The molecule has 0 radical (unpaired) electrons. The Morgan fingerprint density at radius 3 is 0.851 bits per heavy atom. The first-order chi connectivity index (χ1) is 23.3. The second-order valence-corrected chi connectivity index (χ2v) is 13.5. The first-order valence-corrected chi connectivity index (χ1v) is 20.9. The number of hydrogen-bond acceptors (Lipinski definition) is 3. The van der Waals surface area contributed by atoms with Crippen molar-refractivity contribution in [2.75, 3.05) is 26.3 Å². The van der Waals surface area contributed by atoms with Gasteiger partial charge in [-0.1, -0.05) is 178 Å². The molecule has 0 aliphatic heterocycles. The Hall–Kier alpha value is -1.16. The molecule has 3 N–H and O–H groups in total. The van der Waals surface area contributed by atoms with Crippen LogP contribution in [0.4, 0.5) is 0 Å². The molecule has 0 aliphatic rings. The Morgan fingerprint density at radius 2 is 0.574 bits per heavy atom. The normalized spacial score (nSPS) is 11.9. The molecule has 0 spiro atoms. The summed E-state index contributed by atoms with van der Waals surface area (Å²) in [6.07, 6.45) is 59.8. The molecule has 0 aromatic carbocycles. The van der Waals surface area contributed by atoms with E-state index in [0.29, 0.717) is 0 Å². The Labute approximate surface area is 296 Å². The maximum atomic E-state index is 7.62. The van der Waals surface area contributed by atoms with E-state index in [-0.39, 0.29) is 13.2 Å². The molecular weight excluding hydrogens is 574 g/mol. The SMILES string of the molecule is CCCCC/C=C\C/C=C\CCCCCCCCCCCNCCCCCCCCCCC/C=C\C/C=C\CCCCC.OCCO. The summed E-state index contributed by atoms with van der Waals surface area (Å²) in [7, 11) is 0. The third-order valence-electron chi connectivity index (χ3n) is 8.71. The number of allylic oxidation sites excluding steroid dienone is 8. The summed E-state index contributed by atoms with van der Waals surface area (Å²) in [5.74, 6) is 0. The molecular formula is C44H85NO2. The van der Waals surface area contributed by atoms with Gasteiger partial charge in [0.05, 0.1) is 13.2 Å². The summed E-state index contributed by atoms with van der Waals surface area (Å²) in [6.45, 7) is 6.75. The highest BCUT2D eigenvalue weighted by molar-refractivity contribution is 4.93. The topological polar surface area (TPSA) is 52.5 Å². The summed E-state index contributed by atoms with van der Waals surface area (Å²) in [5, 5.41) is 18.9. The number of aliphatic hydroxyl groups is 2. The van der Waals surface area contributed by atoms with Gasteiger partial charge >= 0.3 is 0 Å². The van der Waals surface area contributed by atoms with E-state index in [1.54, 1.807) is 0 Å². The molecule has 0 heterocycles. The quantitative estimate of drug-likeness (QED) is 0.0459. The molecule has 0 saturated heterocycles. The zero-order chi connectivity index (χ0) is 34.4. The van der Waals surface area contributed by atoms with Crippen LogP contribution in [0.2, 0.25) is 0 Å². The monoisotopic (exact) mass is 660 g/mol. The van der Waals surface area contributed by atoms with Crippen molar-refractivity contribution in [2.45, 2.75) is 206 Å². The van der Waals surface area contributed by atoms with E-state index >= 15 is 0 Å². The summed E-state index contributed by atoms with van der Waals surface area (Å²) < 4.78 is 0. The lowest BCUT2D eigenvalue weighted by Gasteiger charge is -2.05. The van der Waals surface area contributed by atoms with E-state index in [4.69, 9.17) is 10.2 Å². The molecule has 278 valence electrons. The fourth-order valence-corrected chi connectivity index (χ4v) is 5.66. The molecule has 0 unspecified atom stereocenters. The molecule has 3 heteroatoms. The lowest BCUT2D eigenvalue weighted by Crippen LogP contribution is -2.16. The minimum Gasteiger partial charge on any atom is -0.394 e. The van der Waals surface area contributed by atoms with Gasteiger partial charge in [-0.3, -0.25) is 0 Å². The van der Waals surface area contributed by atoms with Crippen LogP contribution in [0.25, 0.3) is 0 Å². The molecule has 0 amide bonds. The molecule has 0 aliphatic carbocycles. The predicted octanol–water partition coefficient (Wildman–Crippen LogP) is 13.5. The van der Waals surface area contributed by atoms with Crippen LogP contribution in [0, 0.1) is 0 Å². The van der Waals surface area contributed by atoms with Gasteiger partial charge in [0, 0.05) is 0 Å². The van der Waals surface area contributed by atoms with Gasteiger partial charge in [0.15, 0.2) is 0 Å². The molecule has 0 aromatic heterocycles. The van der Waals surface area contributed by atoms with Crippen molar-refractivity contribution in [3.8, 4) is 0 Å². The third kappa shape index (κ3) is 51.8. The van der Waals surface area contributed by atoms with E-state index in [9.17, 15) is 0 Å². The highest BCUT2D eigenvalue weighted by atomic mass is 16.3. The largest absolute Gasteiger partial charge is 0.394 e. The zero-order valence-electron chi connectivity index (χ0n) is 32.1. The molecule has 3 nitrogen and oxygen atoms in total. The van der Waals surface area contributed by atoms with Crippen LogP contribution in [-0.2, 0) is 0 Å². The number of rotatable bonds is 37. The predicted molar refractivity (Wildman–Crippen MR) is 213 cm³/mol. The summed E-state index contributed by atoms with van der Waals surface area (Å²) in [6, 6.07) is 0. The highest BCUT2D eigenvalue weighted by Gasteiger charge is 1.95. The minimum atomic E-state index is -0.125. The number of unbranched alkanes of at least 4 members (excludes halogenated alkanes) is 24. The molecule has 0 rings (SSSR count). The van der Waals surface area contributed by atoms with E-state index in [0.717, 1.165) is 12.8 Å². The second kappa shape index (κ2) is 49.2. The van der Waals surface area contributed by atoms with Crippen LogP contribution in [0.1, 0.15) is 206 Å². The van der Waals surface area contributed by atoms with E-state index in [1.807, 2.05) is 0 Å². The highest BCUT2D eigenvalue weighted by Crippen LogP contribution is 2.12. The smallest absolute Gasteiger partial charge is 0.0662 e. The standard InChI is InChI=1S/C42H79N.C2H6O2/c1-3-5-7-9-11-13-15-17-19-21-23-25-27-29-31-33-35-37-39-41-43-42-40-38-36-34-32-30-28-26-24-22-20-18-16-14-12-10-8-6-4-2;3-1-2-4/h11-14,17-20,43H,3-10,15-16,21-42H2,1-2H3;3-4H,1-2H2/b13-11-,14-12-,19-17-,20-18-;. The van der Waals surface area contributed by atoms with Gasteiger partial charge in [0.1, 0.15) is 0 Å². The average molecular weight is 660 g/mol. The molecule has 47 heavy (non-hydrogen) atoms. The fraction of sp³-hybridized carbons (Fsp3) is 0.818.